The third-order valence-corrected chi connectivity index (χ3v) is 4.47. The lowest BCUT2D eigenvalue weighted by atomic mass is 9.96. The van der Waals surface area contributed by atoms with E-state index in [9.17, 15) is 0 Å². The molecule has 2 aromatic heterocycles. The van der Waals surface area contributed by atoms with E-state index in [1.54, 1.807) is 6.20 Å². The van der Waals surface area contributed by atoms with E-state index in [2.05, 4.69) is 55.6 Å². The average Bonchev–Trinajstić information content (AvgIpc) is 2.97. The smallest absolute Gasteiger partial charge is 0.221 e. The van der Waals surface area contributed by atoms with Gasteiger partial charge in [-0.15, -0.1) is 10.2 Å². The van der Waals surface area contributed by atoms with Gasteiger partial charge in [0.2, 0.25) is 5.95 Å². The van der Waals surface area contributed by atoms with Crippen LogP contribution >= 0.6 is 0 Å². The van der Waals surface area contributed by atoms with Crippen LogP contribution in [-0.4, -0.2) is 56.8 Å². The highest BCUT2D eigenvalue weighted by atomic mass is 15.3. The van der Waals surface area contributed by atoms with Gasteiger partial charge < -0.3 is 20.1 Å². The van der Waals surface area contributed by atoms with Gasteiger partial charge in [0.15, 0.2) is 0 Å². The molecule has 0 saturated carbocycles. The van der Waals surface area contributed by atoms with E-state index in [0.29, 0.717) is 11.9 Å². The van der Waals surface area contributed by atoms with Crippen LogP contribution in [0.4, 0.5) is 11.8 Å². The lowest BCUT2D eigenvalue weighted by Gasteiger charge is -2.32. The summed E-state index contributed by atoms with van der Waals surface area (Å²) < 4.78 is 2.27. The van der Waals surface area contributed by atoms with Gasteiger partial charge >= 0.3 is 0 Å². The van der Waals surface area contributed by atoms with Crippen molar-refractivity contribution in [3.05, 3.63) is 23.9 Å². The second kappa shape index (κ2) is 7.12. The Kier molecular flexibility index (Phi) is 4.94. The zero-order valence-corrected chi connectivity index (χ0v) is 14.7. The summed E-state index contributed by atoms with van der Waals surface area (Å²) in [6.07, 6.45) is 3.80. The number of nitrogen functional groups attached to an aromatic ring is 1. The molecule has 2 aromatic rings. The fourth-order valence-corrected chi connectivity index (χ4v) is 3.30. The first-order valence-electron chi connectivity index (χ1n) is 8.48. The minimum atomic E-state index is 0.327. The van der Waals surface area contributed by atoms with E-state index < -0.39 is 0 Å². The quantitative estimate of drug-likeness (QED) is 0.878. The molecule has 0 spiro atoms. The van der Waals surface area contributed by atoms with Crippen molar-refractivity contribution in [2.45, 2.75) is 38.8 Å². The molecule has 24 heavy (non-hydrogen) atoms. The first kappa shape index (κ1) is 16.6. The third kappa shape index (κ3) is 3.48. The molecular weight excluding hydrogens is 304 g/mol. The number of nitrogens with zero attached hydrogens (tertiary/aromatic N) is 7. The van der Waals surface area contributed by atoms with Gasteiger partial charge in [-0.1, -0.05) is 0 Å². The van der Waals surface area contributed by atoms with Gasteiger partial charge in [-0.25, -0.2) is 4.98 Å². The van der Waals surface area contributed by atoms with Crippen LogP contribution in [0.2, 0.25) is 0 Å². The van der Waals surface area contributed by atoms with Crippen LogP contribution in [0, 0.1) is 0 Å². The van der Waals surface area contributed by atoms with Crippen LogP contribution in [-0.2, 0) is 13.1 Å². The lowest BCUT2D eigenvalue weighted by Crippen LogP contribution is -2.34. The summed E-state index contributed by atoms with van der Waals surface area (Å²) in [4.78, 5) is 12.7. The molecule has 130 valence electrons. The number of hydrogen-bond acceptors (Lipinski definition) is 7. The standard InChI is InChI=1S/C16H26N8/c1-4-24-14(11-22(2)3)20-21-15(24)12-6-9-23(10-7-12)13-5-8-18-16(17)19-13/h5,8,12H,4,6-7,9-11H2,1-3H3,(H2,17,18,19). The van der Waals surface area contributed by atoms with Gasteiger partial charge in [-0.3, -0.25) is 0 Å². The Bertz CT molecular complexity index is 672. The molecule has 0 radical (unpaired) electrons. The van der Waals surface area contributed by atoms with Crippen LogP contribution in [0.15, 0.2) is 12.3 Å². The summed E-state index contributed by atoms with van der Waals surface area (Å²) in [5, 5.41) is 8.91. The molecule has 1 aliphatic heterocycles. The van der Waals surface area contributed by atoms with Crippen molar-refractivity contribution >= 4 is 11.8 Å². The van der Waals surface area contributed by atoms with Crippen molar-refractivity contribution in [2.75, 3.05) is 37.8 Å². The maximum absolute atomic E-state index is 5.69. The van der Waals surface area contributed by atoms with Crippen molar-refractivity contribution in [3.63, 3.8) is 0 Å². The molecule has 1 saturated heterocycles. The van der Waals surface area contributed by atoms with Gasteiger partial charge in [0, 0.05) is 31.7 Å². The van der Waals surface area contributed by atoms with Gasteiger partial charge in [-0.05, 0) is 39.9 Å². The Morgan fingerprint density at radius 1 is 1.25 bits per heavy atom. The van der Waals surface area contributed by atoms with E-state index in [4.69, 9.17) is 5.73 Å². The molecule has 0 unspecified atom stereocenters. The van der Waals surface area contributed by atoms with Crippen molar-refractivity contribution in [2.24, 2.45) is 0 Å². The van der Waals surface area contributed by atoms with Crippen LogP contribution in [0.3, 0.4) is 0 Å². The van der Waals surface area contributed by atoms with Crippen LogP contribution in [0.5, 0.6) is 0 Å². The lowest BCUT2D eigenvalue weighted by molar-refractivity contribution is 0.377. The van der Waals surface area contributed by atoms with Crippen LogP contribution in [0.25, 0.3) is 0 Å². The fourth-order valence-electron chi connectivity index (χ4n) is 3.30. The molecule has 3 rings (SSSR count). The van der Waals surface area contributed by atoms with E-state index in [-0.39, 0.29) is 0 Å². The molecule has 1 aliphatic rings. The second-order valence-corrected chi connectivity index (χ2v) is 6.49. The average molecular weight is 330 g/mol. The predicted octanol–water partition coefficient (Wildman–Crippen LogP) is 1.12. The monoisotopic (exact) mass is 330 g/mol. The molecule has 0 amide bonds. The van der Waals surface area contributed by atoms with Gasteiger partial charge in [0.05, 0.1) is 6.54 Å². The predicted molar refractivity (Wildman–Crippen MR) is 93.7 cm³/mol. The highest BCUT2D eigenvalue weighted by Gasteiger charge is 2.26. The highest BCUT2D eigenvalue weighted by molar-refractivity contribution is 5.41. The molecular formula is C16H26N8. The largest absolute Gasteiger partial charge is 0.368 e. The molecule has 8 heteroatoms. The Balaban J connectivity index is 1.69. The van der Waals surface area contributed by atoms with Crippen molar-refractivity contribution in [1.82, 2.24) is 29.6 Å². The van der Waals surface area contributed by atoms with Gasteiger partial charge in [0.25, 0.3) is 0 Å². The summed E-state index contributed by atoms with van der Waals surface area (Å²) in [5.41, 5.74) is 5.69. The normalized spacial score (nSPS) is 16.1. The Hall–Kier alpha value is -2.22. The summed E-state index contributed by atoms with van der Waals surface area (Å²) in [7, 11) is 4.11. The number of hydrogen-bond donors (Lipinski definition) is 1. The fraction of sp³-hybridized carbons (Fsp3) is 0.625. The minimum Gasteiger partial charge on any atom is -0.368 e. The van der Waals surface area contributed by atoms with E-state index in [1.165, 1.54) is 0 Å². The van der Waals surface area contributed by atoms with Gasteiger partial charge in [-0.2, -0.15) is 4.98 Å². The zero-order chi connectivity index (χ0) is 17.1. The number of aromatic nitrogens is 5. The number of rotatable bonds is 5. The van der Waals surface area contributed by atoms with E-state index >= 15 is 0 Å². The zero-order valence-electron chi connectivity index (χ0n) is 14.7. The van der Waals surface area contributed by atoms with Crippen molar-refractivity contribution in [3.8, 4) is 0 Å². The van der Waals surface area contributed by atoms with Crippen LogP contribution < -0.4 is 10.6 Å². The van der Waals surface area contributed by atoms with Crippen molar-refractivity contribution < 1.29 is 0 Å². The summed E-state index contributed by atoms with van der Waals surface area (Å²) in [6, 6.07) is 1.92. The van der Waals surface area contributed by atoms with E-state index in [1.807, 2.05) is 6.07 Å². The third-order valence-electron chi connectivity index (χ3n) is 4.47. The molecule has 0 bridgehead atoms. The highest BCUT2D eigenvalue weighted by Crippen LogP contribution is 2.29. The summed E-state index contributed by atoms with van der Waals surface area (Å²) in [6.45, 7) is 5.78. The van der Waals surface area contributed by atoms with Crippen LogP contribution in [0.1, 0.15) is 37.3 Å². The number of nitrogens with two attached hydrogens (primary N) is 1. The molecule has 0 aromatic carbocycles. The molecule has 0 atom stereocenters. The summed E-state index contributed by atoms with van der Waals surface area (Å²) >= 11 is 0. The SMILES string of the molecule is CCn1c(CN(C)C)nnc1C1CCN(c2ccnc(N)n2)CC1. The maximum atomic E-state index is 5.69. The topological polar surface area (TPSA) is 89.0 Å². The Labute approximate surface area is 142 Å². The first-order valence-corrected chi connectivity index (χ1v) is 8.48. The Morgan fingerprint density at radius 3 is 2.62 bits per heavy atom. The molecule has 0 aliphatic carbocycles. The molecule has 8 nitrogen and oxygen atoms in total. The number of anilines is 2. The number of piperidine rings is 1. The Morgan fingerprint density at radius 2 is 2.00 bits per heavy atom. The van der Waals surface area contributed by atoms with E-state index in [0.717, 1.165) is 56.5 Å². The van der Waals surface area contributed by atoms with Crippen molar-refractivity contribution in [1.29, 1.82) is 0 Å². The minimum absolute atomic E-state index is 0.327. The first-order chi connectivity index (χ1) is 11.6. The molecule has 2 N–H and O–H groups in total. The van der Waals surface area contributed by atoms with Gasteiger partial charge in [0.1, 0.15) is 17.5 Å². The maximum Gasteiger partial charge on any atom is 0.221 e. The molecule has 3 heterocycles. The summed E-state index contributed by atoms with van der Waals surface area (Å²) in [5.74, 6) is 3.85. The molecule has 1 fully saturated rings. The second-order valence-electron chi connectivity index (χ2n) is 6.49.